The van der Waals surface area contributed by atoms with Crippen molar-refractivity contribution in [2.24, 2.45) is 0 Å². The molecule has 0 aromatic heterocycles. The summed E-state index contributed by atoms with van der Waals surface area (Å²) >= 11 is 5.97. The summed E-state index contributed by atoms with van der Waals surface area (Å²) in [6.07, 6.45) is 5.32. The molecule has 1 aliphatic heterocycles. The van der Waals surface area contributed by atoms with E-state index in [0.29, 0.717) is 17.2 Å². The fourth-order valence-electron chi connectivity index (χ4n) is 3.18. The number of hydrogen-bond acceptors (Lipinski definition) is 3. The van der Waals surface area contributed by atoms with Gasteiger partial charge >= 0.3 is 0 Å². The van der Waals surface area contributed by atoms with E-state index in [4.69, 9.17) is 22.1 Å². The normalized spacial score (nSPS) is 27.9. The Bertz CT molecular complexity index is 436. The van der Waals surface area contributed by atoms with Crippen LogP contribution in [0, 0.1) is 0 Å². The van der Waals surface area contributed by atoms with E-state index in [9.17, 15) is 0 Å². The molecule has 2 atom stereocenters. The summed E-state index contributed by atoms with van der Waals surface area (Å²) in [5.74, 6) is 0. The third-order valence-corrected chi connectivity index (χ3v) is 4.27. The molecule has 1 heterocycles. The van der Waals surface area contributed by atoms with Crippen molar-refractivity contribution in [1.82, 2.24) is 0 Å². The number of nitrogen functional groups attached to an aromatic ring is 1. The van der Waals surface area contributed by atoms with E-state index in [2.05, 4.69) is 4.90 Å². The van der Waals surface area contributed by atoms with Crippen LogP contribution in [-0.4, -0.2) is 25.3 Å². The minimum Gasteiger partial charge on any atom is -0.397 e. The van der Waals surface area contributed by atoms with Gasteiger partial charge in [-0.05, 0) is 31.0 Å². The van der Waals surface area contributed by atoms with Crippen LogP contribution in [0.15, 0.2) is 18.2 Å². The lowest BCUT2D eigenvalue weighted by Crippen LogP contribution is -2.53. The SMILES string of the molecule is Nc1cc(Cl)ccc1N1CCOC2CCCCC21. The van der Waals surface area contributed by atoms with E-state index < -0.39 is 0 Å². The van der Waals surface area contributed by atoms with Gasteiger partial charge in [-0.2, -0.15) is 0 Å². The van der Waals surface area contributed by atoms with Crippen molar-refractivity contribution >= 4 is 23.0 Å². The van der Waals surface area contributed by atoms with Crippen molar-refractivity contribution in [3.05, 3.63) is 23.2 Å². The molecule has 2 aliphatic rings. The Morgan fingerprint density at radius 1 is 1.28 bits per heavy atom. The predicted octanol–water partition coefficient (Wildman–Crippen LogP) is 3.07. The minimum absolute atomic E-state index is 0.377. The van der Waals surface area contributed by atoms with Crippen LogP contribution in [0.2, 0.25) is 5.02 Å². The average molecular weight is 267 g/mol. The lowest BCUT2D eigenvalue weighted by atomic mass is 9.89. The molecule has 0 bridgehead atoms. The maximum Gasteiger partial charge on any atom is 0.0779 e. The molecule has 2 fully saturated rings. The zero-order valence-electron chi connectivity index (χ0n) is 10.4. The Morgan fingerprint density at radius 2 is 2.11 bits per heavy atom. The molecular weight excluding hydrogens is 248 g/mol. The monoisotopic (exact) mass is 266 g/mol. The Hall–Kier alpha value is -0.930. The van der Waals surface area contributed by atoms with Crippen LogP contribution in [0.5, 0.6) is 0 Å². The average Bonchev–Trinajstić information content (AvgIpc) is 2.38. The zero-order chi connectivity index (χ0) is 12.5. The first-order chi connectivity index (χ1) is 8.75. The number of halogens is 1. The van der Waals surface area contributed by atoms with Crippen LogP contribution in [0.25, 0.3) is 0 Å². The van der Waals surface area contributed by atoms with Crippen molar-refractivity contribution in [2.45, 2.75) is 37.8 Å². The van der Waals surface area contributed by atoms with E-state index in [0.717, 1.165) is 24.5 Å². The van der Waals surface area contributed by atoms with E-state index in [1.54, 1.807) is 0 Å². The third kappa shape index (κ3) is 2.17. The van der Waals surface area contributed by atoms with Crippen LogP contribution in [0.1, 0.15) is 25.7 Å². The van der Waals surface area contributed by atoms with Gasteiger partial charge in [0.1, 0.15) is 0 Å². The number of hydrogen-bond donors (Lipinski definition) is 1. The molecule has 1 saturated heterocycles. The molecule has 2 unspecified atom stereocenters. The summed E-state index contributed by atoms with van der Waals surface area (Å²) in [4.78, 5) is 2.42. The highest BCUT2D eigenvalue weighted by molar-refractivity contribution is 6.31. The number of rotatable bonds is 1. The van der Waals surface area contributed by atoms with Gasteiger partial charge in [0, 0.05) is 11.6 Å². The van der Waals surface area contributed by atoms with Gasteiger partial charge < -0.3 is 15.4 Å². The molecule has 3 rings (SSSR count). The Morgan fingerprint density at radius 3 is 2.94 bits per heavy atom. The second kappa shape index (κ2) is 4.98. The van der Waals surface area contributed by atoms with Crippen molar-refractivity contribution in [1.29, 1.82) is 0 Å². The fraction of sp³-hybridized carbons (Fsp3) is 0.571. The highest BCUT2D eigenvalue weighted by Crippen LogP contribution is 2.35. The Balaban J connectivity index is 1.89. The van der Waals surface area contributed by atoms with Crippen LogP contribution in [0.4, 0.5) is 11.4 Å². The lowest BCUT2D eigenvalue weighted by molar-refractivity contribution is -0.00861. The van der Waals surface area contributed by atoms with E-state index in [-0.39, 0.29) is 0 Å². The van der Waals surface area contributed by atoms with Crippen LogP contribution in [-0.2, 0) is 4.74 Å². The second-order valence-corrected chi connectivity index (χ2v) is 5.59. The number of anilines is 2. The molecule has 1 aromatic rings. The lowest BCUT2D eigenvalue weighted by Gasteiger charge is -2.45. The fourth-order valence-corrected chi connectivity index (χ4v) is 3.36. The van der Waals surface area contributed by atoms with Crippen LogP contribution >= 0.6 is 11.6 Å². The topological polar surface area (TPSA) is 38.5 Å². The van der Waals surface area contributed by atoms with E-state index in [1.165, 1.54) is 25.7 Å². The first-order valence-corrected chi connectivity index (χ1v) is 7.07. The molecule has 98 valence electrons. The van der Waals surface area contributed by atoms with Crippen LogP contribution in [0.3, 0.4) is 0 Å². The second-order valence-electron chi connectivity index (χ2n) is 5.16. The summed E-state index contributed by atoms with van der Waals surface area (Å²) in [5.41, 5.74) is 7.99. The first-order valence-electron chi connectivity index (χ1n) is 6.69. The van der Waals surface area contributed by atoms with Crippen molar-refractivity contribution in [2.75, 3.05) is 23.8 Å². The van der Waals surface area contributed by atoms with E-state index in [1.807, 2.05) is 18.2 Å². The van der Waals surface area contributed by atoms with Gasteiger partial charge in [-0.3, -0.25) is 0 Å². The van der Waals surface area contributed by atoms with Gasteiger partial charge in [-0.25, -0.2) is 0 Å². The molecule has 18 heavy (non-hydrogen) atoms. The van der Waals surface area contributed by atoms with Gasteiger partial charge in [0.2, 0.25) is 0 Å². The first kappa shape index (κ1) is 12.1. The maximum absolute atomic E-state index is 6.11. The molecular formula is C14H19ClN2O. The molecule has 1 aliphatic carbocycles. The van der Waals surface area contributed by atoms with Crippen molar-refractivity contribution < 1.29 is 4.74 Å². The Kier molecular flexibility index (Phi) is 3.35. The molecule has 1 saturated carbocycles. The van der Waals surface area contributed by atoms with Gasteiger partial charge in [0.15, 0.2) is 0 Å². The van der Waals surface area contributed by atoms with Crippen molar-refractivity contribution in [3.8, 4) is 0 Å². The predicted molar refractivity (Wildman–Crippen MR) is 75.2 cm³/mol. The molecule has 4 heteroatoms. The molecule has 0 radical (unpaired) electrons. The Labute approximate surface area is 113 Å². The summed E-state index contributed by atoms with van der Waals surface area (Å²) < 4.78 is 5.89. The largest absolute Gasteiger partial charge is 0.397 e. The summed E-state index contributed by atoms with van der Waals surface area (Å²) in [5, 5.41) is 0.699. The molecule has 2 N–H and O–H groups in total. The number of nitrogens with zero attached hydrogens (tertiary/aromatic N) is 1. The number of benzene rings is 1. The molecule has 0 spiro atoms. The number of ether oxygens (including phenoxy) is 1. The standard InChI is InChI=1S/C14H19ClN2O/c15-10-5-6-12(11(16)9-10)17-7-8-18-14-4-2-1-3-13(14)17/h5-6,9,13-14H,1-4,7-8,16H2. The van der Waals surface area contributed by atoms with Gasteiger partial charge in [-0.15, -0.1) is 0 Å². The van der Waals surface area contributed by atoms with Gasteiger partial charge in [-0.1, -0.05) is 24.4 Å². The minimum atomic E-state index is 0.377. The molecule has 1 aromatic carbocycles. The molecule has 0 amide bonds. The van der Waals surface area contributed by atoms with Gasteiger partial charge in [0.25, 0.3) is 0 Å². The summed E-state index contributed by atoms with van der Waals surface area (Å²) in [7, 11) is 0. The van der Waals surface area contributed by atoms with Crippen molar-refractivity contribution in [3.63, 3.8) is 0 Å². The summed E-state index contributed by atoms with van der Waals surface area (Å²) in [6.45, 7) is 1.72. The quantitative estimate of drug-likeness (QED) is 0.794. The number of nitrogens with two attached hydrogens (primary N) is 1. The highest BCUT2D eigenvalue weighted by atomic mass is 35.5. The number of fused-ring (bicyclic) bond motifs is 1. The third-order valence-electron chi connectivity index (χ3n) is 4.03. The number of morpholine rings is 1. The summed E-state index contributed by atoms with van der Waals surface area (Å²) in [6, 6.07) is 6.27. The highest BCUT2D eigenvalue weighted by Gasteiger charge is 2.34. The van der Waals surface area contributed by atoms with Crippen LogP contribution < -0.4 is 10.6 Å². The van der Waals surface area contributed by atoms with E-state index >= 15 is 0 Å². The smallest absolute Gasteiger partial charge is 0.0779 e. The maximum atomic E-state index is 6.11. The molecule has 3 nitrogen and oxygen atoms in total. The van der Waals surface area contributed by atoms with Gasteiger partial charge in [0.05, 0.1) is 30.1 Å². The zero-order valence-corrected chi connectivity index (χ0v) is 11.2.